The van der Waals surface area contributed by atoms with E-state index in [1.807, 2.05) is 0 Å². The number of carbonyl (C=O) groups excluding carboxylic acids is 2. The van der Waals surface area contributed by atoms with Crippen molar-refractivity contribution in [1.82, 2.24) is 0 Å². The van der Waals surface area contributed by atoms with Crippen LogP contribution in [0.4, 0.5) is 14.5 Å². The average molecular weight is 395 g/mol. The molecule has 0 unspecified atom stereocenters. The van der Waals surface area contributed by atoms with Crippen molar-refractivity contribution in [3.05, 3.63) is 48.0 Å². The summed E-state index contributed by atoms with van der Waals surface area (Å²) >= 11 is 0. The van der Waals surface area contributed by atoms with E-state index in [9.17, 15) is 18.4 Å². The van der Waals surface area contributed by atoms with Gasteiger partial charge in [-0.05, 0) is 37.3 Å². The van der Waals surface area contributed by atoms with Gasteiger partial charge < -0.3 is 24.3 Å². The first-order valence-corrected chi connectivity index (χ1v) is 8.13. The predicted octanol–water partition coefficient (Wildman–Crippen LogP) is 3.49. The Bertz CT molecular complexity index is 843. The Kier molecular flexibility index (Phi) is 7.14. The van der Waals surface area contributed by atoms with E-state index in [1.54, 1.807) is 24.3 Å². The molecule has 0 saturated carbocycles. The Morgan fingerprint density at radius 3 is 2.29 bits per heavy atom. The highest BCUT2D eigenvalue weighted by atomic mass is 19.3. The van der Waals surface area contributed by atoms with Crippen LogP contribution in [0.3, 0.4) is 0 Å². The van der Waals surface area contributed by atoms with Crippen LogP contribution >= 0.6 is 0 Å². The fraction of sp³-hybridized carbons (Fsp3) is 0.263. The van der Waals surface area contributed by atoms with Crippen LogP contribution in [0.2, 0.25) is 0 Å². The number of rotatable bonds is 8. The number of esters is 1. The maximum absolute atomic E-state index is 12.4. The summed E-state index contributed by atoms with van der Waals surface area (Å²) in [6, 6.07) is 10.3. The summed E-state index contributed by atoms with van der Waals surface area (Å²) in [5.41, 5.74) is 0.434. The van der Waals surface area contributed by atoms with Gasteiger partial charge in [0.1, 0.15) is 5.75 Å². The molecule has 1 amide bonds. The molecule has 2 rings (SSSR count). The fourth-order valence-corrected chi connectivity index (χ4v) is 2.25. The van der Waals surface area contributed by atoms with Gasteiger partial charge in [0.25, 0.3) is 5.91 Å². The molecule has 0 aliphatic heterocycles. The highest BCUT2D eigenvalue weighted by molar-refractivity contribution is 5.98. The molecule has 9 heteroatoms. The second-order valence-electron chi connectivity index (χ2n) is 5.48. The third kappa shape index (κ3) is 5.32. The first kappa shape index (κ1) is 20.9. The third-order valence-corrected chi connectivity index (χ3v) is 3.63. The summed E-state index contributed by atoms with van der Waals surface area (Å²) in [5.74, 6) is -1.24. The number of hydrogen-bond acceptors (Lipinski definition) is 6. The zero-order valence-corrected chi connectivity index (χ0v) is 15.4. The highest BCUT2D eigenvalue weighted by Gasteiger charge is 2.21. The molecule has 0 radical (unpaired) electrons. The van der Waals surface area contributed by atoms with Gasteiger partial charge in [-0.3, -0.25) is 4.79 Å². The van der Waals surface area contributed by atoms with Crippen LogP contribution in [0.5, 0.6) is 17.2 Å². The second kappa shape index (κ2) is 9.54. The smallest absolute Gasteiger partial charge is 0.387 e. The van der Waals surface area contributed by atoms with Crippen molar-refractivity contribution in [3.63, 3.8) is 0 Å². The van der Waals surface area contributed by atoms with E-state index < -0.39 is 24.6 Å². The number of amides is 1. The van der Waals surface area contributed by atoms with Gasteiger partial charge in [0, 0.05) is 0 Å². The minimum atomic E-state index is -3.04. The summed E-state index contributed by atoms with van der Waals surface area (Å²) in [6.45, 7) is -1.64. The van der Waals surface area contributed by atoms with Gasteiger partial charge in [0.2, 0.25) is 0 Å². The topological polar surface area (TPSA) is 83.1 Å². The van der Waals surface area contributed by atoms with E-state index in [2.05, 4.69) is 10.1 Å². The lowest BCUT2D eigenvalue weighted by molar-refractivity contribution is -0.123. The lowest BCUT2D eigenvalue weighted by Gasteiger charge is -2.16. The van der Waals surface area contributed by atoms with Gasteiger partial charge >= 0.3 is 12.6 Å². The molecule has 28 heavy (non-hydrogen) atoms. The van der Waals surface area contributed by atoms with Crippen LogP contribution in [0, 0.1) is 0 Å². The van der Waals surface area contributed by atoms with Gasteiger partial charge in [-0.2, -0.15) is 8.78 Å². The van der Waals surface area contributed by atoms with E-state index in [-0.39, 0.29) is 17.1 Å². The van der Waals surface area contributed by atoms with E-state index in [0.29, 0.717) is 11.4 Å². The van der Waals surface area contributed by atoms with E-state index in [0.717, 1.165) is 6.07 Å². The zero-order valence-electron chi connectivity index (χ0n) is 15.4. The molecule has 2 aromatic rings. The lowest BCUT2D eigenvalue weighted by Crippen LogP contribution is -2.30. The highest BCUT2D eigenvalue weighted by Crippen LogP contribution is 2.30. The van der Waals surface area contributed by atoms with Crippen molar-refractivity contribution in [2.75, 3.05) is 19.5 Å². The molecule has 150 valence electrons. The number of methoxy groups -OCH3 is 2. The van der Waals surface area contributed by atoms with E-state index in [1.165, 1.54) is 33.3 Å². The molecule has 0 aliphatic rings. The number of ether oxygens (including phenoxy) is 4. The number of anilines is 1. The van der Waals surface area contributed by atoms with Crippen molar-refractivity contribution in [3.8, 4) is 17.2 Å². The summed E-state index contributed by atoms with van der Waals surface area (Å²) in [7, 11) is 2.70. The van der Waals surface area contributed by atoms with Gasteiger partial charge in [0.05, 0.1) is 25.5 Å². The van der Waals surface area contributed by atoms with Crippen LogP contribution in [-0.2, 0) is 9.53 Å². The van der Waals surface area contributed by atoms with Gasteiger partial charge in [-0.25, -0.2) is 4.79 Å². The van der Waals surface area contributed by atoms with Crippen molar-refractivity contribution in [1.29, 1.82) is 0 Å². The molecular formula is C19H19F2NO6. The molecule has 0 spiro atoms. The first-order chi connectivity index (χ1) is 13.3. The monoisotopic (exact) mass is 395 g/mol. The molecule has 0 fully saturated rings. The maximum atomic E-state index is 12.4. The van der Waals surface area contributed by atoms with Crippen molar-refractivity contribution >= 4 is 17.6 Å². The van der Waals surface area contributed by atoms with E-state index in [4.69, 9.17) is 14.2 Å². The third-order valence-electron chi connectivity index (χ3n) is 3.63. The second-order valence-corrected chi connectivity index (χ2v) is 5.48. The van der Waals surface area contributed by atoms with Crippen LogP contribution in [0.15, 0.2) is 42.5 Å². The largest absolute Gasteiger partial charge is 0.495 e. The van der Waals surface area contributed by atoms with Crippen LogP contribution in [0.25, 0.3) is 0 Å². The first-order valence-electron chi connectivity index (χ1n) is 8.13. The molecule has 0 aromatic heterocycles. The van der Waals surface area contributed by atoms with E-state index >= 15 is 0 Å². The minimum absolute atomic E-state index is 0.00964. The minimum Gasteiger partial charge on any atom is -0.495 e. The number of carbonyl (C=O) groups is 2. The normalized spacial score (nSPS) is 11.5. The molecule has 0 heterocycles. The molecule has 0 bridgehead atoms. The van der Waals surface area contributed by atoms with Crippen LogP contribution in [-0.4, -0.2) is 38.8 Å². The quantitative estimate of drug-likeness (QED) is 0.689. The Morgan fingerprint density at radius 2 is 1.64 bits per heavy atom. The molecular weight excluding hydrogens is 376 g/mol. The molecule has 0 saturated heterocycles. The Balaban J connectivity index is 2.06. The van der Waals surface area contributed by atoms with Gasteiger partial charge in [-0.15, -0.1) is 0 Å². The maximum Gasteiger partial charge on any atom is 0.387 e. The molecule has 1 atom stereocenters. The molecule has 1 N–H and O–H groups in total. The van der Waals surface area contributed by atoms with Crippen LogP contribution in [0.1, 0.15) is 17.3 Å². The zero-order chi connectivity index (χ0) is 20.7. The summed E-state index contributed by atoms with van der Waals surface area (Å²) < 4.78 is 44.2. The van der Waals surface area contributed by atoms with Crippen molar-refractivity contribution in [2.24, 2.45) is 0 Å². The Labute approximate surface area is 160 Å². The Morgan fingerprint density at radius 1 is 0.964 bits per heavy atom. The van der Waals surface area contributed by atoms with Crippen molar-refractivity contribution in [2.45, 2.75) is 19.6 Å². The van der Waals surface area contributed by atoms with Gasteiger partial charge in [-0.1, -0.05) is 12.1 Å². The summed E-state index contributed by atoms with van der Waals surface area (Å²) in [6.07, 6.45) is -1.12. The van der Waals surface area contributed by atoms with Crippen molar-refractivity contribution < 1.29 is 37.3 Å². The van der Waals surface area contributed by atoms with Crippen LogP contribution < -0.4 is 19.5 Å². The van der Waals surface area contributed by atoms with Gasteiger partial charge in [0.15, 0.2) is 17.6 Å². The molecule has 7 nitrogen and oxygen atoms in total. The SMILES string of the molecule is COc1ccccc1NC(=O)[C@@H](C)OC(=O)c1ccc(OC(F)F)c(OC)c1. The number of para-hydroxylation sites is 2. The summed E-state index contributed by atoms with van der Waals surface area (Å²) in [4.78, 5) is 24.5. The Hall–Kier alpha value is -3.36. The summed E-state index contributed by atoms with van der Waals surface area (Å²) in [5, 5.41) is 2.60. The number of benzene rings is 2. The number of alkyl halides is 2. The molecule has 2 aromatic carbocycles. The predicted molar refractivity (Wildman–Crippen MR) is 96.1 cm³/mol. The standard InChI is InChI=1S/C19H19F2NO6/c1-11(17(23)22-13-6-4-5-7-14(13)25-2)27-18(24)12-8-9-15(28-19(20)21)16(10-12)26-3/h4-11,19H,1-3H3,(H,22,23)/t11-/m1/s1. The number of halogens is 2. The number of hydrogen-bond donors (Lipinski definition) is 1. The fourth-order valence-electron chi connectivity index (χ4n) is 2.25. The molecule has 0 aliphatic carbocycles. The lowest BCUT2D eigenvalue weighted by atomic mass is 10.2. The average Bonchev–Trinajstić information content (AvgIpc) is 2.68. The number of nitrogens with one attached hydrogen (secondary N) is 1.